The second-order valence-corrected chi connectivity index (χ2v) is 9.10. The van der Waals surface area contributed by atoms with Crippen LogP contribution in [0.5, 0.6) is 0 Å². The van der Waals surface area contributed by atoms with Gasteiger partial charge in [0.1, 0.15) is 5.82 Å². The first-order valence-corrected chi connectivity index (χ1v) is 11.9. The Bertz CT molecular complexity index is 1520. The Labute approximate surface area is 203 Å². The van der Waals surface area contributed by atoms with Crippen LogP contribution in [0.1, 0.15) is 5.56 Å². The summed E-state index contributed by atoms with van der Waals surface area (Å²) in [5.41, 5.74) is 6.27. The number of anilines is 2. The van der Waals surface area contributed by atoms with E-state index in [2.05, 4.69) is 37.7 Å². The first-order valence-electron chi connectivity index (χ1n) is 11.9. The number of benzene rings is 3. The van der Waals surface area contributed by atoms with Crippen LogP contribution < -0.4 is 10.6 Å². The van der Waals surface area contributed by atoms with E-state index in [-0.39, 0.29) is 5.82 Å². The van der Waals surface area contributed by atoms with E-state index in [0.717, 1.165) is 77.0 Å². The monoisotopic (exact) mass is 466 g/mol. The number of nitrogens with one attached hydrogen (secondary N) is 2. The number of nitrogens with zero attached hydrogens (tertiary/aromatic N) is 4. The summed E-state index contributed by atoms with van der Waals surface area (Å²) in [6, 6.07) is 19.6. The molecule has 2 aromatic heterocycles. The summed E-state index contributed by atoms with van der Waals surface area (Å²) in [6.45, 7) is 4.72. The molecular weight excluding hydrogens is 439 g/mol. The van der Waals surface area contributed by atoms with Crippen LogP contribution in [0.15, 0.2) is 73.1 Å². The average Bonchev–Trinajstić information content (AvgIpc) is 3.25. The van der Waals surface area contributed by atoms with E-state index < -0.39 is 0 Å². The van der Waals surface area contributed by atoms with E-state index >= 15 is 4.39 Å². The molecule has 6 nitrogen and oxygen atoms in total. The highest BCUT2D eigenvalue weighted by Gasteiger charge is 2.13. The number of fused-ring (bicyclic) bond motifs is 2. The molecule has 1 fully saturated rings. The molecular formula is C28H27FN6. The maximum atomic E-state index is 15.2. The number of aromatic nitrogens is 3. The van der Waals surface area contributed by atoms with Gasteiger partial charge in [-0.25, -0.2) is 4.39 Å². The molecule has 2 N–H and O–H groups in total. The van der Waals surface area contributed by atoms with E-state index in [1.807, 2.05) is 60.4 Å². The number of halogens is 1. The second-order valence-electron chi connectivity index (χ2n) is 9.10. The molecule has 3 heterocycles. The second kappa shape index (κ2) is 9.09. The zero-order valence-corrected chi connectivity index (χ0v) is 19.6. The maximum Gasteiger partial charge on any atom is 0.131 e. The normalized spacial score (nSPS) is 14.6. The van der Waals surface area contributed by atoms with Gasteiger partial charge in [-0.3, -0.25) is 14.6 Å². The van der Waals surface area contributed by atoms with Crippen molar-refractivity contribution in [2.24, 2.45) is 7.05 Å². The molecule has 5 aromatic rings. The van der Waals surface area contributed by atoms with Crippen LogP contribution >= 0.6 is 0 Å². The lowest BCUT2D eigenvalue weighted by Gasteiger charge is -2.27. The van der Waals surface area contributed by atoms with Gasteiger partial charge in [0.25, 0.3) is 0 Å². The van der Waals surface area contributed by atoms with Crippen molar-refractivity contribution < 1.29 is 4.39 Å². The predicted molar refractivity (Wildman–Crippen MR) is 139 cm³/mol. The highest BCUT2D eigenvalue weighted by Crippen LogP contribution is 2.32. The quantitative estimate of drug-likeness (QED) is 0.379. The number of pyridine rings is 1. The molecule has 0 saturated carbocycles. The largest absolute Gasteiger partial charge is 0.355 e. The smallest absolute Gasteiger partial charge is 0.131 e. The molecule has 0 aliphatic carbocycles. The van der Waals surface area contributed by atoms with Gasteiger partial charge in [-0.15, -0.1) is 0 Å². The van der Waals surface area contributed by atoms with Crippen molar-refractivity contribution in [3.05, 3.63) is 84.4 Å². The van der Waals surface area contributed by atoms with Crippen LogP contribution in [0.2, 0.25) is 0 Å². The Morgan fingerprint density at radius 2 is 1.89 bits per heavy atom. The zero-order chi connectivity index (χ0) is 23.8. The van der Waals surface area contributed by atoms with Gasteiger partial charge < -0.3 is 10.6 Å². The summed E-state index contributed by atoms with van der Waals surface area (Å²) in [6.07, 6.45) is 3.65. The van der Waals surface area contributed by atoms with Crippen molar-refractivity contribution in [3.8, 4) is 11.1 Å². The highest BCUT2D eigenvalue weighted by molar-refractivity contribution is 5.96. The van der Waals surface area contributed by atoms with Crippen molar-refractivity contribution in [2.45, 2.75) is 6.54 Å². The SMILES string of the molecule is Cn1ncc2cc(Nc3ccnc4ccc(-c5ccc(CN6CCNCC6)cc5F)cc34)ccc21. The van der Waals surface area contributed by atoms with Crippen molar-refractivity contribution in [2.75, 3.05) is 31.5 Å². The van der Waals surface area contributed by atoms with Crippen molar-refractivity contribution in [1.82, 2.24) is 25.0 Å². The molecule has 1 aliphatic rings. The van der Waals surface area contributed by atoms with Gasteiger partial charge in [-0.2, -0.15) is 5.10 Å². The fourth-order valence-electron chi connectivity index (χ4n) is 4.84. The van der Waals surface area contributed by atoms with E-state index in [1.54, 1.807) is 12.3 Å². The minimum atomic E-state index is -0.197. The van der Waals surface area contributed by atoms with E-state index in [0.29, 0.717) is 5.56 Å². The summed E-state index contributed by atoms with van der Waals surface area (Å²) in [5, 5.41) is 13.2. The van der Waals surface area contributed by atoms with Gasteiger partial charge >= 0.3 is 0 Å². The third kappa shape index (κ3) is 4.36. The molecule has 1 saturated heterocycles. The number of piperazine rings is 1. The lowest BCUT2D eigenvalue weighted by atomic mass is 10.0. The average molecular weight is 467 g/mol. The molecule has 3 aromatic carbocycles. The predicted octanol–water partition coefficient (Wildman–Crippen LogP) is 5.08. The van der Waals surface area contributed by atoms with Crippen LogP contribution in [-0.2, 0) is 13.6 Å². The maximum absolute atomic E-state index is 15.2. The van der Waals surface area contributed by atoms with E-state index in [4.69, 9.17) is 0 Å². The molecule has 35 heavy (non-hydrogen) atoms. The number of aryl methyl sites for hydroxylation is 1. The first kappa shape index (κ1) is 21.7. The number of hydrogen-bond acceptors (Lipinski definition) is 5. The Morgan fingerprint density at radius 3 is 2.74 bits per heavy atom. The molecule has 7 heteroatoms. The minimum Gasteiger partial charge on any atom is -0.355 e. The fourth-order valence-corrected chi connectivity index (χ4v) is 4.84. The molecule has 0 spiro atoms. The minimum absolute atomic E-state index is 0.197. The number of rotatable bonds is 5. The Kier molecular flexibility index (Phi) is 5.64. The summed E-state index contributed by atoms with van der Waals surface area (Å²) in [4.78, 5) is 6.87. The lowest BCUT2D eigenvalue weighted by molar-refractivity contribution is 0.233. The lowest BCUT2D eigenvalue weighted by Crippen LogP contribution is -2.42. The standard InChI is InChI=1S/C28H27FN6/c1-34-28-7-4-22(15-21(28)17-32-34)33-27-8-9-31-26-6-3-20(16-24(26)27)23-5-2-19(14-25(23)29)18-35-12-10-30-11-13-35/h2-9,14-17,30H,10-13,18H2,1H3,(H,31,33). The molecule has 0 unspecified atom stereocenters. The number of hydrogen-bond donors (Lipinski definition) is 2. The Balaban J connectivity index is 1.31. The van der Waals surface area contributed by atoms with Crippen molar-refractivity contribution in [1.29, 1.82) is 0 Å². The first-order chi connectivity index (χ1) is 17.1. The zero-order valence-electron chi connectivity index (χ0n) is 19.6. The van der Waals surface area contributed by atoms with Crippen molar-refractivity contribution in [3.63, 3.8) is 0 Å². The van der Waals surface area contributed by atoms with E-state index in [9.17, 15) is 0 Å². The van der Waals surface area contributed by atoms with Crippen LogP contribution in [0, 0.1) is 5.82 Å². The molecule has 1 aliphatic heterocycles. The molecule has 0 bridgehead atoms. The molecule has 6 rings (SSSR count). The van der Waals surface area contributed by atoms with Crippen molar-refractivity contribution >= 4 is 33.2 Å². The van der Waals surface area contributed by atoms with Gasteiger partial charge in [0, 0.05) is 73.7 Å². The fraction of sp³-hybridized carbons (Fsp3) is 0.214. The Morgan fingerprint density at radius 1 is 1.00 bits per heavy atom. The molecule has 0 atom stereocenters. The van der Waals surface area contributed by atoms with Gasteiger partial charge in [-0.1, -0.05) is 18.2 Å². The van der Waals surface area contributed by atoms with Crippen LogP contribution in [0.25, 0.3) is 32.9 Å². The van der Waals surface area contributed by atoms with E-state index in [1.165, 1.54) is 0 Å². The van der Waals surface area contributed by atoms with Crippen LogP contribution in [-0.4, -0.2) is 45.8 Å². The topological polar surface area (TPSA) is 58.0 Å². The van der Waals surface area contributed by atoms with Crippen LogP contribution in [0.4, 0.5) is 15.8 Å². The summed E-state index contributed by atoms with van der Waals surface area (Å²) < 4.78 is 17.1. The van der Waals surface area contributed by atoms with Crippen LogP contribution in [0.3, 0.4) is 0 Å². The Hall–Kier alpha value is -3.81. The highest BCUT2D eigenvalue weighted by atomic mass is 19.1. The third-order valence-electron chi connectivity index (χ3n) is 6.73. The molecule has 176 valence electrons. The van der Waals surface area contributed by atoms with Gasteiger partial charge in [0.2, 0.25) is 0 Å². The summed E-state index contributed by atoms with van der Waals surface area (Å²) in [5.74, 6) is -0.197. The summed E-state index contributed by atoms with van der Waals surface area (Å²) in [7, 11) is 1.93. The van der Waals surface area contributed by atoms with Gasteiger partial charge in [0.15, 0.2) is 0 Å². The third-order valence-corrected chi connectivity index (χ3v) is 6.73. The van der Waals surface area contributed by atoms with Gasteiger partial charge in [-0.05, 0) is 53.6 Å². The molecule has 0 amide bonds. The van der Waals surface area contributed by atoms with Gasteiger partial charge in [0.05, 0.1) is 17.2 Å². The summed E-state index contributed by atoms with van der Waals surface area (Å²) >= 11 is 0. The molecule has 0 radical (unpaired) electrons.